The fourth-order valence-corrected chi connectivity index (χ4v) is 2.24. The molecule has 0 aliphatic rings. The van der Waals surface area contributed by atoms with Crippen LogP contribution in [-0.2, 0) is 17.9 Å². The molecule has 0 aliphatic carbocycles. The molecule has 0 saturated heterocycles. The predicted octanol–water partition coefficient (Wildman–Crippen LogP) is 1.86. The molecule has 0 bridgehead atoms. The lowest BCUT2D eigenvalue weighted by atomic mass is 10.3. The van der Waals surface area contributed by atoms with Gasteiger partial charge in [0.05, 0.1) is 22.1 Å². The molecule has 0 aromatic carbocycles. The van der Waals surface area contributed by atoms with Gasteiger partial charge in [0.25, 0.3) is 0 Å². The molecular formula is C14H20ClN5O. The number of aromatic nitrogens is 4. The van der Waals surface area contributed by atoms with Crippen LogP contribution < -0.4 is 5.32 Å². The van der Waals surface area contributed by atoms with Gasteiger partial charge in [0, 0.05) is 19.3 Å². The summed E-state index contributed by atoms with van der Waals surface area (Å²) >= 11 is 6.09. The van der Waals surface area contributed by atoms with E-state index < -0.39 is 0 Å². The molecule has 2 aromatic heterocycles. The average Bonchev–Trinajstić information content (AvgIpc) is 2.94. The Bertz CT molecular complexity index is 631. The maximum absolute atomic E-state index is 11.7. The van der Waals surface area contributed by atoms with E-state index in [0.29, 0.717) is 11.6 Å². The summed E-state index contributed by atoms with van der Waals surface area (Å²) in [6.45, 7) is 7.32. The van der Waals surface area contributed by atoms with Crippen LogP contribution in [0.1, 0.15) is 23.5 Å². The Morgan fingerprint density at radius 3 is 2.67 bits per heavy atom. The van der Waals surface area contributed by atoms with Crippen LogP contribution in [0.25, 0.3) is 0 Å². The molecule has 0 radical (unpaired) electrons. The van der Waals surface area contributed by atoms with E-state index >= 15 is 0 Å². The predicted molar refractivity (Wildman–Crippen MR) is 81.3 cm³/mol. The summed E-state index contributed by atoms with van der Waals surface area (Å²) in [6.07, 6.45) is 2.61. The zero-order valence-corrected chi connectivity index (χ0v) is 13.3. The lowest BCUT2D eigenvalue weighted by Crippen LogP contribution is -2.29. The number of aryl methyl sites for hydroxylation is 3. The topological polar surface area (TPSA) is 64.7 Å². The number of carbonyl (C=O) groups is 1. The van der Waals surface area contributed by atoms with E-state index in [4.69, 9.17) is 11.6 Å². The van der Waals surface area contributed by atoms with Gasteiger partial charge in [-0.25, -0.2) is 0 Å². The standard InChI is InChI=1S/C14H20ClN5O/c1-10-5-8-19(17-10)9-13(21)16-6-4-7-20-12(3)14(15)11(2)18-20/h5,8H,4,6-7,9H2,1-3H3,(H,16,21). The van der Waals surface area contributed by atoms with Gasteiger partial charge in [0.1, 0.15) is 6.54 Å². The van der Waals surface area contributed by atoms with Crippen molar-refractivity contribution in [2.75, 3.05) is 6.54 Å². The van der Waals surface area contributed by atoms with Gasteiger partial charge in [0.15, 0.2) is 0 Å². The molecule has 7 heteroatoms. The van der Waals surface area contributed by atoms with Crippen LogP contribution >= 0.6 is 11.6 Å². The molecule has 0 fully saturated rings. The van der Waals surface area contributed by atoms with Crippen molar-refractivity contribution in [2.45, 2.75) is 40.3 Å². The van der Waals surface area contributed by atoms with Crippen LogP contribution in [0.2, 0.25) is 5.02 Å². The van der Waals surface area contributed by atoms with Crippen molar-refractivity contribution in [3.63, 3.8) is 0 Å². The van der Waals surface area contributed by atoms with Crippen LogP contribution in [-0.4, -0.2) is 32.0 Å². The molecule has 2 heterocycles. The van der Waals surface area contributed by atoms with Gasteiger partial charge in [-0.2, -0.15) is 10.2 Å². The van der Waals surface area contributed by atoms with Crippen molar-refractivity contribution in [1.29, 1.82) is 0 Å². The Kier molecular flexibility index (Phi) is 5.01. The zero-order chi connectivity index (χ0) is 15.4. The van der Waals surface area contributed by atoms with Crippen molar-refractivity contribution in [3.05, 3.63) is 34.4 Å². The summed E-state index contributed by atoms with van der Waals surface area (Å²) in [7, 11) is 0. The number of nitrogens with zero attached hydrogens (tertiary/aromatic N) is 4. The van der Waals surface area contributed by atoms with Crippen molar-refractivity contribution in [2.24, 2.45) is 0 Å². The van der Waals surface area contributed by atoms with E-state index in [0.717, 1.165) is 30.0 Å². The van der Waals surface area contributed by atoms with Gasteiger partial charge < -0.3 is 5.32 Å². The maximum atomic E-state index is 11.7. The first kappa shape index (κ1) is 15.6. The summed E-state index contributed by atoms with van der Waals surface area (Å²) < 4.78 is 3.51. The minimum atomic E-state index is -0.0375. The van der Waals surface area contributed by atoms with Gasteiger partial charge in [-0.15, -0.1) is 0 Å². The fourth-order valence-electron chi connectivity index (χ4n) is 2.10. The van der Waals surface area contributed by atoms with Crippen molar-refractivity contribution in [1.82, 2.24) is 24.9 Å². The number of nitrogens with one attached hydrogen (secondary N) is 1. The molecule has 2 aromatic rings. The first-order valence-electron chi connectivity index (χ1n) is 6.93. The molecule has 1 amide bonds. The quantitative estimate of drug-likeness (QED) is 0.828. The molecule has 114 valence electrons. The molecule has 0 unspecified atom stereocenters. The van der Waals surface area contributed by atoms with Crippen LogP contribution in [0.4, 0.5) is 0 Å². The fraction of sp³-hybridized carbons (Fsp3) is 0.500. The Morgan fingerprint density at radius 1 is 1.33 bits per heavy atom. The summed E-state index contributed by atoms with van der Waals surface area (Å²) in [5, 5.41) is 12.1. The smallest absolute Gasteiger partial charge is 0.241 e. The van der Waals surface area contributed by atoms with E-state index in [9.17, 15) is 4.79 Å². The molecule has 0 aliphatic heterocycles. The second kappa shape index (κ2) is 6.76. The van der Waals surface area contributed by atoms with Crippen molar-refractivity contribution < 1.29 is 4.79 Å². The first-order valence-corrected chi connectivity index (χ1v) is 7.31. The number of rotatable bonds is 6. The first-order chi connectivity index (χ1) is 9.97. The SMILES string of the molecule is Cc1ccn(CC(=O)NCCCn2nc(C)c(Cl)c2C)n1. The summed E-state index contributed by atoms with van der Waals surface area (Å²) in [4.78, 5) is 11.7. The summed E-state index contributed by atoms with van der Waals surface area (Å²) in [6, 6.07) is 1.87. The van der Waals surface area contributed by atoms with Gasteiger partial charge in [0.2, 0.25) is 5.91 Å². The highest BCUT2D eigenvalue weighted by Gasteiger charge is 2.08. The van der Waals surface area contributed by atoms with Crippen LogP contribution in [0.3, 0.4) is 0 Å². The number of carbonyl (C=O) groups excluding carboxylic acids is 1. The highest BCUT2D eigenvalue weighted by molar-refractivity contribution is 6.31. The second-order valence-electron chi connectivity index (χ2n) is 5.07. The van der Waals surface area contributed by atoms with E-state index in [1.807, 2.05) is 31.5 Å². The monoisotopic (exact) mass is 309 g/mol. The number of amides is 1. The van der Waals surface area contributed by atoms with Gasteiger partial charge in [-0.1, -0.05) is 11.6 Å². The van der Waals surface area contributed by atoms with Gasteiger partial charge in [-0.3, -0.25) is 14.2 Å². The molecule has 0 spiro atoms. The van der Waals surface area contributed by atoms with Crippen LogP contribution in [0, 0.1) is 20.8 Å². The van der Waals surface area contributed by atoms with E-state index in [2.05, 4.69) is 15.5 Å². The van der Waals surface area contributed by atoms with E-state index in [1.165, 1.54) is 0 Å². The Labute approximate surface area is 129 Å². The summed E-state index contributed by atoms with van der Waals surface area (Å²) in [5.74, 6) is -0.0375. The Hall–Kier alpha value is -1.82. The molecule has 0 saturated carbocycles. The highest BCUT2D eigenvalue weighted by Crippen LogP contribution is 2.18. The number of halogens is 1. The van der Waals surface area contributed by atoms with Gasteiger partial charge >= 0.3 is 0 Å². The minimum absolute atomic E-state index is 0.0375. The lowest BCUT2D eigenvalue weighted by Gasteiger charge is -2.07. The third-order valence-corrected chi connectivity index (χ3v) is 3.79. The van der Waals surface area contributed by atoms with Crippen LogP contribution in [0.15, 0.2) is 12.3 Å². The number of hydrogen-bond donors (Lipinski definition) is 1. The van der Waals surface area contributed by atoms with E-state index in [1.54, 1.807) is 10.9 Å². The van der Waals surface area contributed by atoms with Crippen LogP contribution in [0.5, 0.6) is 0 Å². The molecule has 0 atom stereocenters. The lowest BCUT2D eigenvalue weighted by molar-refractivity contribution is -0.121. The number of hydrogen-bond acceptors (Lipinski definition) is 3. The third-order valence-electron chi connectivity index (χ3n) is 3.24. The van der Waals surface area contributed by atoms with Crippen molar-refractivity contribution >= 4 is 17.5 Å². The molecule has 6 nitrogen and oxygen atoms in total. The molecule has 1 N–H and O–H groups in total. The average molecular weight is 310 g/mol. The molecular weight excluding hydrogens is 290 g/mol. The largest absolute Gasteiger partial charge is 0.354 e. The molecule has 21 heavy (non-hydrogen) atoms. The van der Waals surface area contributed by atoms with E-state index in [-0.39, 0.29) is 12.5 Å². The Morgan fingerprint density at radius 2 is 2.10 bits per heavy atom. The van der Waals surface area contributed by atoms with Gasteiger partial charge in [-0.05, 0) is 33.3 Å². The molecule has 2 rings (SSSR count). The highest BCUT2D eigenvalue weighted by atomic mass is 35.5. The maximum Gasteiger partial charge on any atom is 0.241 e. The Balaban J connectivity index is 1.72. The normalized spacial score (nSPS) is 10.9. The third kappa shape index (κ3) is 4.07. The zero-order valence-electron chi connectivity index (χ0n) is 12.6. The minimum Gasteiger partial charge on any atom is -0.354 e. The van der Waals surface area contributed by atoms with Crippen molar-refractivity contribution in [3.8, 4) is 0 Å². The second-order valence-corrected chi connectivity index (χ2v) is 5.44. The summed E-state index contributed by atoms with van der Waals surface area (Å²) in [5.41, 5.74) is 2.71.